The van der Waals surface area contributed by atoms with E-state index >= 15 is 0 Å². The van der Waals surface area contributed by atoms with Gasteiger partial charge in [0.15, 0.2) is 0 Å². The first-order valence-electron chi connectivity index (χ1n) is 7.65. The first-order chi connectivity index (χ1) is 9.11. The average molecular weight is 324 g/mol. The molecule has 0 bridgehead atoms. The van der Waals surface area contributed by atoms with Crippen LogP contribution in [0.25, 0.3) is 0 Å². The van der Waals surface area contributed by atoms with E-state index in [1.165, 1.54) is 50.5 Å². The van der Waals surface area contributed by atoms with Crippen molar-refractivity contribution in [2.75, 3.05) is 0 Å². The van der Waals surface area contributed by atoms with Crippen molar-refractivity contribution in [2.45, 2.75) is 63.8 Å². The summed E-state index contributed by atoms with van der Waals surface area (Å²) in [6.45, 7) is 2.29. The Bertz CT molecular complexity index is 404. The Labute approximate surface area is 126 Å². The van der Waals surface area contributed by atoms with Crippen molar-refractivity contribution < 1.29 is 0 Å². The second-order valence-electron chi connectivity index (χ2n) is 6.25. The van der Waals surface area contributed by atoms with Crippen LogP contribution < -0.4 is 5.73 Å². The highest BCUT2D eigenvalue weighted by Gasteiger charge is 2.29. The van der Waals surface area contributed by atoms with E-state index in [4.69, 9.17) is 5.73 Å². The van der Waals surface area contributed by atoms with Gasteiger partial charge in [0.05, 0.1) is 0 Å². The van der Waals surface area contributed by atoms with E-state index in [2.05, 4.69) is 47.1 Å². The molecule has 1 aromatic rings. The van der Waals surface area contributed by atoms with Gasteiger partial charge in [-0.05, 0) is 49.3 Å². The van der Waals surface area contributed by atoms with Gasteiger partial charge in [-0.25, -0.2) is 0 Å². The molecule has 2 atom stereocenters. The minimum Gasteiger partial charge on any atom is -0.325 e. The lowest BCUT2D eigenvalue weighted by Gasteiger charge is -2.28. The maximum Gasteiger partial charge on any atom is 0.0195 e. The quantitative estimate of drug-likeness (QED) is 0.769. The lowest BCUT2D eigenvalue weighted by Crippen LogP contribution is -2.41. The highest BCUT2D eigenvalue weighted by atomic mass is 79.9. The second-order valence-corrected chi connectivity index (χ2v) is 7.17. The van der Waals surface area contributed by atoms with Gasteiger partial charge in [0, 0.05) is 10.0 Å². The molecule has 0 spiro atoms. The third-order valence-electron chi connectivity index (χ3n) is 4.48. The second kappa shape index (κ2) is 6.90. The maximum absolute atomic E-state index is 6.68. The SMILES string of the molecule is CCCC1CCCC(N)(Cc2cccc(Br)c2)CC1. The fourth-order valence-corrected chi connectivity index (χ4v) is 3.88. The van der Waals surface area contributed by atoms with Gasteiger partial charge in [0.1, 0.15) is 0 Å². The van der Waals surface area contributed by atoms with Crippen LogP contribution in [0.3, 0.4) is 0 Å². The summed E-state index contributed by atoms with van der Waals surface area (Å²) in [5.41, 5.74) is 8.07. The van der Waals surface area contributed by atoms with Gasteiger partial charge in [-0.3, -0.25) is 0 Å². The smallest absolute Gasteiger partial charge is 0.0195 e. The normalized spacial score (nSPS) is 28.1. The Morgan fingerprint density at radius 1 is 1.32 bits per heavy atom. The van der Waals surface area contributed by atoms with E-state index in [0.717, 1.165) is 16.8 Å². The van der Waals surface area contributed by atoms with E-state index in [0.29, 0.717) is 0 Å². The van der Waals surface area contributed by atoms with Crippen molar-refractivity contribution in [1.82, 2.24) is 0 Å². The van der Waals surface area contributed by atoms with E-state index in [-0.39, 0.29) is 5.54 Å². The van der Waals surface area contributed by atoms with Gasteiger partial charge >= 0.3 is 0 Å². The number of hydrogen-bond acceptors (Lipinski definition) is 1. The minimum absolute atomic E-state index is 0.0171. The van der Waals surface area contributed by atoms with Gasteiger partial charge in [-0.1, -0.05) is 60.7 Å². The molecule has 1 fully saturated rings. The average Bonchev–Trinajstić information content (AvgIpc) is 2.53. The van der Waals surface area contributed by atoms with Crippen LogP contribution >= 0.6 is 15.9 Å². The first kappa shape index (κ1) is 15.1. The monoisotopic (exact) mass is 323 g/mol. The highest BCUT2D eigenvalue weighted by Crippen LogP contribution is 2.33. The highest BCUT2D eigenvalue weighted by molar-refractivity contribution is 9.10. The summed E-state index contributed by atoms with van der Waals surface area (Å²) in [6.07, 6.45) is 10.1. The van der Waals surface area contributed by atoms with Crippen molar-refractivity contribution in [2.24, 2.45) is 11.7 Å². The molecule has 2 N–H and O–H groups in total. The van der Waals surface area contributed by atoms with E-state index in [9.17, 15) is 0 Å². The Morgan fingerprint density at radius 3 is 2.89 bits per heavy atom. The standard InChI is InChI=1S/C17H26BrN/c1-2-5-14-7-4-10-17(19,11-9-14)13-15-6-3-8-16(18)12-15/h3,6,8,12,14H,2,4-5,7,9-11,13,19H2,1H3. The number of hydrogen-bond donors (Lipinski definition) is 1. The van der Waals surface area contributed by atoms with Crippen LogP contribution in [0.4, 0.5) is 0 Å². The molecule has 1 aliphatic rings. The molecule has 1 aromatic carbocycles. The zero-order valence-electron chi connectivity index (χ0n) is 12.0. The molecular formula is C17H26BrN. The third-order valence-corrected chi connectivity index (χ3v) is 4.97. The molecule has 1 aliphatic carbocycles. The van der Waals surface area contributed by atoms with Crippen LogP contribution in [0.5, 0.6) is 0 Å². The number of halogens is 1. The molecule has 2 heteroatoms. The zero-order valence-corrected chi connectivity index (χ0v) is 13.6. The fourth-order valence-electron chi connectivity index (χ4n) is 3.43. The number of rotatable bonds is 4. The van der Waals surface area contributed by atoms with Crippen LogP contribution in [-0.2, 0) is 6.42 Å². The van der Waals surface area contributed by atoms with Crippen LogP contribution in [0.15, 0.2) is 28.7 Å². The summed E-state index contributed by atoms with van der Waals surface area (Å²) >= 11 is 3.55. The molecule has 0 heterocycles. The molecule has 2 rings (SSSR count). The summed E-state index contributed by atoms with van der Waals surface area (Å²) in [7, 11) is 0. The zero-order chi connectivity index (χ0) is 13.7. The first-order valence-corrected chi connectivity index (χ1v) is 8.44. The summed E-state index contributed by atoms with van der Waals surface area (Å²) in [5, 5.41) is 0. The molecule has 0 aromatic heterocycles. The summed E-state index contributed by atoms with van der Waals surface area (Å²) in [6, 6.07) is 8.60. The van der Waals surface area contributed by atoms with E-state index in [1.54, 1.807) is 0 Å². The van der Waals surface area contributed by atoms with Crippen LogP contribution in [0.2, 0.25) is 0 Å². The lowest BCUT2D eigenvalue weighted by atomic mass is 9.84. The Hall–Kier alpha value is -0.340. The molecule has 0 saturated heterocycles. The van der Waals surface area contributed by atoms with Crippen molar-refractivity contribution in [3.63, 3.8) is 0 Å². The van der Waals surface area contributed by atoms with Gasteiger partial charge in [0.25, 0.3) is 0 Å². The van der Waals surface area contributed by atoms with Crippen molar-refractivity contribution >= 4 is 15.9 Å². The Balaban J connectivity index is 1.98. The molecule has 1 nitrogen and oxygen atoms in total. The predicted octanol–water partition coefficient (Wildman–Crippen LogP) is 5.07. The molecule has 106 valence electrons. The number of benzene rings is 1. The third kappa shape index (κ3) is 4.61. The van der Waals surface area contributed by atoms with Gasteiger partial charge in [-0.2, -0.15) is 0 Å². The number of nitrogens with two attached hydrogens (primary N) is 1. The van der Waals surface area contributed by atoms with Crippen LogP contribution in [-0.4, -0.2) is 5.54 Å². The lowest BCUT2D eigenvalue weighted by molar-refractivity contribution is 0.355. The van der Waals surface area contributed by atoms with E-state index in [1.807, 2.05) is 0 Å². The largest absolute Gasteiger partial charge is 0.325 e. The molecule has 1 saturated carbocycles. The summed E-state index contributed by atoms with van der Waals surface area (Å²) in [4.78, 5) is 0. The molecule has 0 amide bonds. The molecule has 0 radical (unpaired) electrons. The van der Waals surface area contributed by atoms with Crippen molar-refractivity contribution in [3.8, 4) is 0 Å². The van der Waals surface area contributed by atoms with Crippen LogP contribution in [0.1, 0.15) is 57.4 Å². The topological polar surface area (TPSA) is 26.0 Å². The van der Waals surface area contributed by atoms with E-state index < -0.39 is 0 Å². The van der Waals surface area contributed by atoms with Gasteiger partial charge in [-0.15, -0.1) is 0 Å². The Morgan fingerprint density at radius 2 is 2.16 bits per heavy atom. The van der Waals surface area contributed by atoms with Gasteiger partial charge in [0.2, 0.25) is 0 Å². The molecule has 2 unspecified atom stereocenters. The maximum atomic E-state index is 6.68. The predicted molar refractivity (Wildman–Crippen MR) is 86.2 cm³/mol. The van der Waals surface area contributed by atoms with Crippen molar-refractivity contribution in [1.29, 1.82) is 0 Å². The fraction of sp³-hybridized carbons (Fsp3) is 0.647. The minimum atomic E-state index is 0.0171. The molecular weight excluding hydrogens is 298 g/mol. The van der Waals surface area contributed by atoms with Gasteiger partial charge < -0.3 is 5.73 Å². The summed E-state index contributed by atoms with van der Waals surface area (Å²) < 4.78 is 1.16. The Kier molecular flexibility index (Phi) is 5.47. The molecule has 19 heavy (non-hydrogen) atoms. The molecule has 0 aliphatic heterocycles. The van der Waals surface area contributed by atoms with Crippen LogP contribution in [0, 0.1) is 5.92 Å². The summed E-state index contributed by atoms with van der Waals surface area (Å²) in [5.74, 6) is 0.915. The van der Waals surface area contributed by atoms with Crippen molar-refractivity contribution in [3.05, 3.63) is 34.3 Å².